The molecule has 2 aromatic rings. The van der Waals surface area contributed by atoms with Gasteiger partial charge in [-0.05, 0) is 36.4 Å². The lowest BCUT2D eigenvalue weighted by Gasteiger charge is -2.37. The fourth-order valence-corrected chi connectivity index (χ4v) is 3.37. The van der Waals surface area contributed by atoms with E-state index in [1.54, 1.807) is 34.1 Å². The Morgan fingerprint density at radius 2 is 1.63 bits per heavy atom. The zero-order valence-electron chi connectivity index (χ0n) is 16.5. The number of hydrogen-bond acceptors (Lipinski definition) is 5. The molecule has 1 heterocycles. The Balaban J connectivity index is 1.77. The molecule has 1 fully saturated rings. The summed E-state index contributed by atoms with van der Waals surface area (Å²) in [6.45, 7) is 1.00. The minimum Gasteiger partial charge on any atom is -0.497 e. The van der Waals surface area contributed by atoms with Gasteiger partial charge in [0.1, 0.15) is 5.75 Å². The van der Waals surface area contributed by atoms with E-state index in [1.807, 2.05) is 0 Å². The standard InChI is InChI=1S/C21H21F3N2O4/c1-29-16-5-3-4-14(12-16)19(27)26-10-8-25(9-11-26)18-7-6-15(20(28)30-2)13-17(18)21(22,23)24/h3-7,12-13H,8-11H2,1-2H3. The van der Waals surface area contributed by atoms with E-state index in [-0.39, 0.29) is 43.3 Å². The van der Waals surface area contributed by atoms with Crippen LogP contribution < -0.4 is 9.64 Å². The smallest absolute Gasteiger partial charge is 0.418 e. The summed E-state index contributed by atoms with van der Waals surface area (Å²) in [6.07, 6.45) is -4.63. The van der Waals surface area contributed by atoms with Crippen molar-refractivity contribution in [2.75, 3.05) is 45.3 Å². The maximum absolute atomic E-state index is 13.6. The van der Waals surface area contributed by atoms with Gasteiger partial charge in [-0.2, -0.15) is 13.2 Å². The first-order valence-electron chi connectivity index (χ1n) is 9.22. The van der Waals surface area contributed by atoms with E-state index in [4.69, 9.17) is 4.74 Å². The SMILES string of the molecule is COC(=O)c1ccc(N2CCN(C(=O)c3cccc(OC)c3)CC2)c(C(F)(F)F)c1. The Kier molecular flexibility index (Phi) is 6.19. The summed E-state index contributed by atoms with van der Waals surface area (Å²) < 4.78 is 50.4. The van der Waals surface area contributed by atoms with Gasteiger partial charge in [-0.1, -0.05) is 6.07 Å². The van der Waals surface area contributed by atoms with Crippen molar-refractivity contribution >= 4 is 17.6 Å². The summed E-state index contributed by atoms with van der Waals surface area (Å²) in [5.41, 5.74) is -0.636. The highest BCUT2D eigenvalue weighted by Gasteiger charge is 2.36. The molecule has 0 saturated carbocycles. The number of anilines is 1. The lowest BCUT2D eigenvalue weighted by atomic mass is 10.1. The second kappa shape index (κ2) is 8.64. The molecule has 0 spiro atoms. The fourth-order valence-electron chi connectivity index (χ4n) is 3.37. The summed E-state index contributed by atoms with van der Waals surface area (Å²) in [6, 6.07) is 10.1. The molecule has 1 amide bonds. The topological polar surface area (TPSA) is 59.1 Å². The van der Waals surface area contributed by atoms with Gasteiger partial charge in [0.2, 0.25) is 0 Å². The Hall–Kier alpha value is -3.23. The number of carbonyl (C=O) groups is 2. The van der Waals surface area contributed by atoms with Crippen molar-refractivity contribution in [3.63, 3.8) is 0 Å². The number of ether oxygens (including phenoxy) is 2. The Labute approximate surface area is 171 Å². The van der Waals surface area contributed by atoms with E-state index in [0.29, 0.717) is 11.3 Å². The molecule has 0 N–H and O–H groups in total. The molecule has 0 unspecified atom stereocenters. The predicted octanol–water partition coefficient (Wildman–Crippen LogP) is 3.46. The highest BCUT2D eigenvalue weighted by molar-refractivity contribution is 5.95. The molecular formula is C21H21F3N2O4. The van der Waals surface area contributed by atoms with Crippen molar-refractivity contribution in [3.8, 4) is 5.75 Å². The molecule has 0 radical (unpaired) electrons. The predicted molar refractivity (Wildman–Crippen MR) is 104 cm³/mol. The van der Waals surface area contributed by atoms with Crippen molar-refractivity contribution in [1.82, 2.24) is 4.90 Å². The van der Waals surface area contributed by atoms with Gasteiger partial charge in [-0.15, -0.1) is 0 Å². The molecule has 1 aliphatic heterocycles. The first kappa shape index (κ1) is 21.5. The normalized spacial score (nSPS) is 14.4. The van der Waals surface area contributed by atoms with Crippen LogP contribution >= 0.6 is 0 Å². The van der Waals surface area contributed by atoms with Gasteiger partial charge < -0.3 is 19.3 Å². The molecule has 160 valence electrons. The number of methoxy groups -OCH3 is 2. The first-order chi connectivity index (χ1) is 14.2. The van der Waals surface area contributed by atoms with Crippen LogP contribution in [0.25, 0.3) is 0 Å². The van der Waals surface area contributed by atoms with Gasteiger partial charge in [0, 0.05) is 37.4 Å². The molecule has 0 bridgehead atoms. The third kappa shape index (κ3) is 4.50. The lowest BCUT2D eigenvalue weighted by Crippen LogP contribution is -2.49. The average molecular weight is 422 g/mol. The van der Waals surface area contributed by atoms with Crippen LogP contribution in [0.15, 0.2) is 42.5 Å². The summed E-state index contributed by atoms with van der Waals surface area (Å²) >= 11 is 0. The summed E-state index contributed by atoms with van der Waals surface area (Å²) in [5.74, 6) is -0.480. The largest absolute Gasteiger partial charge is 0.497 e. The molecule has 9 heteroatoms. The zero-order valence-corrected chi connectivity index (χ0v) is 16.5. The molecular weight excluding hydrogens is 401 g/mol. The average Bonchev–Trinajstić information content (AvgIpc) is 2.77. The number of nitrogens with zero attached hydrogens (tertiary/aromatic N) is 2. The summed E-state index contributed by atoms with van der Waals surface area (Å²) in [7, 11) is 2.62. The zero-order chi connectivity index (χ0) is 21.9. The second-order valence-corrected chi connectivity index (χ2v) is 6.73. The first-order valence-corrected chi connectivity index (χ1v) is 9.22. The van der Waals surface area contributed by atoms with E-state index in [2.05, 4.69) is 4.74 Å². The van der Waals surface area contributed by atoms with Crippen LogP contribution in [0, 0.1) is 0 Å². The molecule has 3 rings (SSSR count). The maximum Gasteiger partial charge on any atom is 0.418 e. The van der Waals surface area contributed by atoms with E-state index < -0.39 is 17.7 Å². The van der Waals surface area contributed by atoms with E-state index in [9.17, 15) is 22.8 Å². The quantitative estimate of drug-likeness (QED) is 0.707. The van der Waals surface area contributed by atoms with E-state index in [1.165, 1.54) is 19.2 Å². The van der Waals surface area contributed by atoms with Crippen LogP contribution in [0.5, 0.6) is 5.75 Å². The Morgan fingerprint density at radius 3 is 2.23 bits per heavy atom. The van der Waals surface area contributed by atoms with Crippen LogP contribution in [-0.2, 0) is 10.9 Å². The number of piperazine rings is 1. The molecule has 0 atom stereocenters. The third-order valence-corrected chi connectivity index (χ3v) is 4.95. The summed E-state index contributed by atoms with van der Waals surface area (Å²) in [4.78, 5) is 27.5. The summed E-state index contributed by atoms with van der Waals surface area (Å²) in [5, 5.41) is 0. The van der Waals surface area contributed by atoms with Crippen LogP contribution in [0.2, 0.25) is 0 Å². The number of carbonyl (C=O) groups excluding carboxylic acids is 2. The molecule has 1 saturated heterocycles. The minimum absolute atomic E-state index is 0.0244. The van der Waals surface area contributed by atoms with Crippen LogP contribution in [0.3, 0.4) is 0 Å². The number of benzene rings is 2. The number of halogens is 3. The molecule has 0 aromatic heterocycles. The van der Waals surface area contributed by atoms with Crippen molar-refractivity contribution in [2.24, 2.45) is 0 Å². The number of esters is 1. The van der Waals surface area contributed by atoms with E-state index in [0.717, 1.165) is 13.2 Å². The second-order valence-electron chi connectivity index (χ2n) is 6.73. The third-order valence-electron chi connectivity index (χ3n) is 4.95. The van der Waals surface area contributed by atoms with Crippen LogP contribution in [0.4, 0.5) is 18.9 Å². The van der Waals surface area contributed by atoms with Gasteiger partial charge in [0.15, 0.2) is 0 Å². The number of rotatable bonds is 4. The molecule has 6 nitrogen and oxygen atoms in total. The number of amides is 1. The van der Waals surface area contributed by atoms with Crippen molar-refractivity contribution in [2.45, 2.75) is 6.18 Å². The van der Waals surface area contributed by atoms with Gasteiger partial charge in [-0.25, -0.2) is 4.79 Å². The number of alkyl halides is 3. The molecule has 1 aliphatic rings. The van der Waals surface area contributed by atoms with Gasteiger partial charge in [0.05, 0.1) is 25.3 Å². The van der Waals surface area contributed by atoms with Crippen molar-refractivity contribution < 1.29 is 32.2 Å². The van der Waals surface area contributed by atoms with Crippen LogP contribution in [-0.4, -0.2) is 57.2 Å². The monoisotopic (exact) mass is 422 g/mol. The molecule has 0 aliphatic carbocycles. The minimum atomic E-state index is -4.63. The number of hydrogen-bond donors (Lipinski definition) is 0. The van der Waals surface area contributed by atoms with Gasteiger partial charge in [-0.3, -0.25) is 4.79 Å². The van der Waals surface area contributed by atoms with Crippen molar-refractivity contribution in [1.29, 1.82) is 0 Å². The highest BCUT2D eigenvalue weighted by atomic mass is 19.4. The van der Waals surface area contributed by atoms with Crippen LogP contribution in [0.1, 0.15) is 26.3 Å². The van der Waals surface area contributed by atoms with Gasteiger partial charge >= 0.3 is 12.1 Å². The highest BCUT2D eigenvalue weighted by Crippen LogP contribution is 2.37. The maximum atomic E-state index is 13.6. The Bertz CT molecular complexity index is 938. The molecule has 30 heavy (non-hydrogen) atoms. The fraction of sp³-hybridized carbons (Fsp3) is 0.333. The van der Waals surface area contributed by atoms with Gasteiger partial charge in [0.25, 0.3) is 5.91 Å². The van der Waals surface area contributed by atoms with Crippen molar-refractivity contribution in [3.05, 3.63) is 59.2 Å². The lowest BCUT2D eigenvalue weighted by molar-refractivity contribution is -0.137. The van der Waals surface area contributed by atoms with E-state index >= 15 is 0 Å². The molecule has 2 aromatic carbocycles. The Morgan fingerprint density at radius 1 is 0.933 bits per heavy atom.